The summed E-state index contributed by atoms with van der Waals surface area (Å²) in [5, 5.41) is 3.05. The van der Waals surface area contributed by atoms with Crippen LogP contribution in [0.15, 0.2) is 23.7 Å². The van der Waals surface area contributed by atoms with Crippen LogP contribution in [-0.2, 0) is 0 Å². The van der Waals surface area contributed by atoms with E-state index in [9.17, 15) is 0 Å². The van der Waals surface area contributed by atoms with E-state index >= 15 is 0 Å². The van der Waals surface area contributed by atoms with E-state index < -0.39 is 0 Å². The average Bonchev–Trinajstić information content (AvgIpc) is 2.85. The summed E-state index contributed by atoms with van der Waals surface area (Å²) in [5.74, 6) is 0.556. The molecule has 3 heterocycles. The number of thiophene rings is 1. The van der Waals surface area contributed by atoms with Crippen molar-refractivity contribution < 1.29 is 0 Å². The number of aromatic nitrogens is 2. The molecule has 0 bridgehead atoms. The zero-order valence-electron chi connectivity index (χ0n) is 9.45. The number of rotatable bonds is 1. The molecular weight excluding hydrogens is 289 g/mol. The quantitative estimate of drug-likeness (QED) is 0.729. The largest absolute Gasteiger partial charge is 0.383 e. The van der Waals surface area contributed by atoms with Gasteiger partial charge in [-0.1, -0.05) is 23.2 Å². The number of pyridine rings is 1. The molecule has 0 radical (unpaired) electrons. The summed E-state index contributed by atoms with van der Waals surface area (Å²) in [6.07, 6.45) is 1.72. The minimum absolute atomic E-state index is 0.495. The summed E-state index contributed by atoms with van der Waals surface area (Å²) in [4.78, 5) is 5.57. The highest BCUT2D eigenvalue weighted by Gasteiger charge is 2.16. The molecule has 92 valence electrons. The predicted molar refractivity (Wildman–Crippen MR) is 77.7 cm³/mol. The predicted octanol–water partition coefficient (Wildman–Crippen LogP) is 4.26. The third-order valence-corrected chi connectivity index (χ3v) is 4.26. The van der Waals surface area contributed by atoms with Crippen molar-refractivity contribution in [1.82, 2.24) is 9.38 Å². The standard InChI is InChI=1S/C12H9Cl2N3S/c1-6-2-3-18-10(6)9-11(15)17-5-7(13)4-8(14)12(17)16-9/h2-5H,15H2,1H3. The molecular formula is C12H9Cl2N3S. The van der Waals surface area contributed by atoms with E-state index in [0.29, 0.717) is 21.5 Å². The molecule has 0 aliphatic rings. The Hall–Kier alpha value is -1.23. The van der Waals surface area contributed by atoms with Crippen LogP contribution in [0.4, 0.5) is 5.82 Å². The topological polar surface area (TPSA) is 43.3 Å². The molecule has 3 aromatic rings. The van der Waals surface area contributed by atoms with E-state index in [1.165, 1.54) is 0 Å². The lowest BCUT2D eigenvalue weighted by molar-refractivity contribution is 1.20. The first-order chi connectivity index (χ1) is 8.58. The highest BCUT2D eigenvalue weighted by Crippen LogP contribution is 2.35. The molecule has 0 spiro atoms. The summed E-state index contributed by atoms with van der Waals surface area (Å²) in [5.41, 5.74) is 8.66. The number of nitrogens with two attached hydrogens (primary N) is 1. The normalized spacial score (nSPS) is 11.3. The number of fused-ring (bicyclic) bond motifs is 1. The van der Waals surface area contributed by atoms with E-state index in [1.54, 1.807) is 28.0 Å². The minimum Gasteiger partial charge on any atom is -0.383 e. The Bertz CT molecular complexity index is 745. The molecule has 3 nitrogen and oxygen atoms in total. The van der Waals surface area contributed by atoms with Gasteiger partial charge in [0, 0.05) is 6.20 Å². The van der Waals surface area contributed by atoms with Crippen molar-refractivity contribution in [2.24, 2.45) is 0 Å². The second kappa shape index (κ2) is 4.16. The monoisotopic (exact) mass is 297 g/mol. The van der Waals surface area contributed by atoms with Crippen molar-refractivity contribution >= 4 is 46.0 Å². The third kappa shape index (κ3) is 1.68. The van der Waals surface area contributed by atoms with Gasteiger partial charge in [0.1, 0.15) is 11.5 Å². The lowest BCUT2D eigenvalue weighted by atomic mass is 10.2. The Morgan fingerprint density at radius 3 is 2.83 bits per heavy atom. The van der Waals surface area contributed by atoms with Crippen LogP contribution in [0.1, 0.15) is 5.56 Å². The van der Waals surface area contributed by atoms with Crippen molar-refractivity contribution in [3.05, 3.63) is 39.3 Å². The number of hydrogen-bond acceptors (Lipinski definition) is 3. The molecule has 0 saturated carbocycles. The van der Waals surface area contributed by atoms with Crippen molar-refractivity contribution in [2.45, 2.75) is 6.92 Å². The summed E-state index contributed by atoms with van der Waals surface area (Å²) >= 11 is 13.7. The summed E-state index contributed by atoms with van der Waals surface area (Å²) in [7, 11) is 0. The minimum atomic E-state index is 0.495. The van der Waals surface area contributed by atoms with Crippen LogP contribution in [0.2, 0.25) is 10.0 Å². The van der Waals surface area contributed by atoms with E-state index in [0.717, 1.165) is 16.1 Å². The van der Waals surface area contributed by atoms with Gasteiger partial charge in [0.25, 0.3) is 0 Å². The van der Waals surface area contributed by atoms with Gasteiger partial charge in [0.2, 0.25) is 0 Å². The zero-order valence-corrected chi connectivity index (χ0v) is 11.8. The van der Waals surface area contributed by atoms with Crippen LogP contribution in [0.3, 0.4) is 0 Å². The van der Waals surface area contributed by atoms with Crippen molar-refractivity contribution in [2.75, 3.05) is 5.73 Å². The van der Waals surface area contributed by atoms with Gasteiger partial charge < -0.3 is 5.73 Å². The number of hydrogen-bond donors (Lipinski definition) is 1. The molecule has 18 heavy (non-hydrogen) atoms. The SMILES string of the molecule is Cc1ccsc1-c1nc2c(Cl)cc(Cl)cn2c1N. The molecule has 0 aromatic carbocycles. The van der Waals surface area contributed by atoms with Crippen molar-refractivity contribution in [3.8, 4) is 10.6 Å². The van der Waals surface area contributed by atoms with Crippen LogP contribution in [0, 0.1) is 6.92 Å². The number of nitrogens with zero attached hydrogens (tertiary/aromatic N) is 2. The molecule has 3 rings (SSSR count). The van der Waals surface area contributed by atoms with Gasteiger partial charge in [-0.15, -0.1) is 11.3 Å². The molecule has 0 unspecified atom stereocenters. The summed E-state index contributed by atoms with van der Waals surface area (Å²) in [6.45, 7) is 2.03. The maximum atomic E-state index is 6.13. The summed E-state index contributed by atoms with van der Waals surface area (Å²) < 4.78 is 1.72. The van der Waals surface area contributed by atoms with Gasteiger partial charge >= 0.3 is 0 Å². The molecule has 0 atom stereocenters. The fraction of sp³-hybridized carbons (Fsp3) is 0.0833. The van der Waals surface area contributed by atoms with E-state index in [2.05, 4.69) is 4.98 Å². The Morgan fingerprint density at radius 1 is 1.39 bits per heavy atom. The lowest BCUT2D eigenvalue weighted by Gasteiger charge is -1.99. The highest BCUT2D eigenvalue weighted by atomic mass is 35.5. The van der Waals surface area contributed by atoms with E-state index in [-0.39, 0.29) is 0 Å². The van der Waals surface area contributed by atoms with Crippen molar-refractivity contribution in [3.63, 3.8) is 0 Å². The van der Waals surface area contributed by atoms with Gasteiger partial charge in [-0.3, -0.25) is 4.40 Å². The maximum absolute atomic E-state index is 6.13. The first-order valence-corrected chi connectivity index (χ1v) is 6.88. The van der Waals surface area contributed by atoms with Crippen molar-refractivity contribution in [1.29, 1.82) is 0 Å². The Balaban J connectivity index is 2.36. The van der Waals surface area contributed by atoms with Crippen LogP contribution in [-0.4, -0.2) is 9.38 Å². The molecule has 6 heteroatoms. The lowest BCUT2D eigenvalue weighted by Crippen LogP contribution is -1.94. The van der Waals surface area contributed by atoms with Gasteiger partial charge in [-0.2, -0.15) is 0 Å². The number of nitrogen functional groups attached to an aromatic ring is 1. The number of anilines is 1. The number of halogens is 2. The first kappa shape index (κ1) is 11.8. The van der Waals surface area contributed by atoms with Crippen LogP contribution >= 0.6 is 34.5 Å². The van der Waals surface area contributed by atoms with Gasteiger partial charge in [0.15, 0.2) is 5.65 Å². The molecule has 0 saturated heterocycles. The maximum Gasteiger partial charge on any atom is 0.158 e. The molecule has 2 N–H and O–H groups in total. The summed E-state index contributed by atoms with van der Waals surface area (Å²) in [6, 6.07) is 3.70. The average molecular weight is 298 g/mol. The second-order valence-electron chi connectivity index (χ2n) is 3.98. The molecule has 0 aliphatic heterocycles. The molecule has 0 fully saturated rings. The Labute approximate surface area is 118 Å². The van der Waals surface area contributed by atoms with Gasteiger partial charge in [-0.05, 0) is 30.0 Å². The first-order valence-electron chi connectivity index (χ1n) is 5.25. The smallest absolute Gasteiger partial charge is 0.158 e. The zero-order chi connectivity index (χ0) is 12.9. The molecule has 0 aliphatic carbocycles. The van der Waals surface area contributed by atoms with Gasteiger partial charge in [0.05, 0.1) is 14.9 Å². The van der Waals surface area contributed by atoms with E-state index in [1.807, 2.05) is 18.4 Å². The van der Waals surface area contributed by atoms with E-state index in [4.69, 9.17) is 28.9 Å². The fourth-order valence-electron chi connectivity index (χ4n) is 1.87. The number of imidazole rings is 1. The molecule has 3 aromatic heterocycles. The van der Waals surface area contributed by atoms with Gasteiger partial charge in [-0.25, -0.2) is 4.98 Å². The van der Waals surface area contributed by atoms with Crippen LogP contribution < -0.4 is 5.73 Å². The fourth-order valence-corrected chi connectivity index (χ4v) is 3.31. The Kier molecular flexibility index (Phi) is 2.73. The number of aryl methyl sites for hydroxylation is 1. The third-order valence-electron chi connectivity index (χ3n) is 2.76. The van der Waals surface area contributed by atoms with Crippen LogP contribution in [0.25, 0.3) is 16.2 Å². The van der Waals surface area contributed by atoms with Crippen LogP contribution in [0.5, 0.6) is 0 Å². The second-order valence-corrected chi connectivity index (χ2v) is 5.74. The highest BCUT2D eigenvalue weighted by molar-refractivity contribution is 7.13. The molecule has 0 amide bonds. The Morgan fingerprint density at radius 2 is 2.17 bits per heavy atom.